The van der Waals surface area contributed by atoms with E-state index in [1.807, 2.05) is 0 Å². The van der Waals surface area contributed by atoms with Crippen LogP contribution in [-0.4, -0.2) is 11.8 Å². The number of hydrogen-bond donors (Lipinski definition) is 2. The van der Waals surface area contributed by atoms with E-state index in [0.29, 0.717) is 12.1 Å². The molecule has 15 heavy (non-hydrogen) atoms. The first-order valence-corrected chi connectivity index (χ1v) is 5.12. The van der Waals surface area contributed by atoms with E-state index in [0.717, 1.165) is 10.0 Å². The molecule has 0 atom stereocenters. The Labute approximate surface area is 96.0 Å². The van der Waals surface area contributed by atoms with Crippen molar-refractivity contribution in [3.63, 3.8) is 0 Å². The lowest BCUT2D eigenvalue weighted by Crippen LogP contribution is -2.19. The zero-order valence-electron chi connectivity index (χ0n) is 8.21. The Morgan fingerprint density at radius 3 is 2.60 bits per heavy atom. The zero-order chi connectivity index (χ0) is 11.4. The number of primary amides is 1. The number of carbonyl (C=O) groups is 2. The lowest BCUT2D eigenvalue weighted by atomic mass is 10.1. The van der Waals surface area contributed by atoms with Crippen LogP contribution < -0.4 is 11.1 Å². The standard InChI is InChI=1S/C10H11BrN2O2/c1-6(14)13-5-8-3-2-7(10(12)15)4-9(8)11/h2-4H,5H2,1H3,(H2,12,15)(H,13,14). The van der Waals surface area contributed by atoms with Crippen LogP contribution in [0.5, 0.6) is 0 Å². The molecule has 0 heterocycles. The quantitative estimate of drug-likeness (QED) is 0.866. The second-order valence-corrected chi connectivity index (χ2v) is 3.93. The largest absolute Gasteiger partial charge is 0.366 e. The number of carbonyl (C=O) groups excluding carboxylic acids is 2. The minimum Gasteiger partial charge on any atom is -0.366 e. The average Bonchev–Trinajstić information content (AvgIpc) is 2.15. The summed E-state index contributed by atoms with van der Waals surface area (Å²) in [6.45, 7) is 1.88. The van der Waals surface area contributed by atoms with Crippen molar-refractivity contribution in [1.82, 2.24) is 5.32 Å². The van der Waals surface area contributed by atoms with Gasteiger partial charge in [0.2, 0.25) is 11.8 Å². The van der Waals surface area contributed by atoms with Gasteiger partial charge < -0.3 is 11.1 Å². The maximum absolute atomic E-state index is 10.9. The summed E-state index contributed by atoms with van der Waals surface area (Å²) in [6.07, 6.45) is 0. The Bertz CT molecular complexity index is 404. The van der Waals surface area contributed by atoms with Gasteiger partial charge in [0.05, 0.1) is 0 Å². The molecule has 1 aromatic rings. The second kappa shape index (κ2) is 4.93. The summed E-state index contributed by atoms with van der Waals surface area (Å²) in [5.41, 5.74) is 6.46. The van der Waals surface area contributed by atoms with Gasteiger partial charge in [0, 0.05) is 23.5 Å². The van der Waals surface area contributed by atoms with Gasteiger partial charge in [-0.2, -0.15) is 0 Å². The van der Waals surface area contributed by atoms with Gasteiger partial charge >= 0.3 is 0 Å². The van der Waals surface area contributed by atoms with Gasteiger partial charge in [-0.05, 0) is 17.7 Å². The molecular weight excluding hydrogens is 260 g/mol. The van der Waals surface area contributed by atoms with Gasteiger partial charge in [-0.1, -0.05) is 22.0 Å². The van der Waals surface area contributed by atoms with Crippen LogP contribution in [0.1, 0.15) is 22.8 Å². The molecule has 0 saturated carbocycles. The van der Waals surface area contributed by atoms with Crippen LogP contribution in [0.15, 0.2) is 22.7 Å². The Morgan fingerprint density at radius 1 is 1.47 bits per heavy atom. The maximum Gasteiger partial charge on any atom is 0.248 e. The van der Waals surface area contributed by atoms with Crippen LogP contribution in [0.2, 0.25) is 0 Å². The normalized spacial score (nSPS) is 9.73. The number of hydrogen-bond acceptors (Lipinski definition) is 2. The number of nitrogens with one attached hydrogen (secondary N) is 1. The minimum atomic E-state index is -0.471. The molecule has 80 valence electrons. The molecule has 0 bridgehead atoms. The third kappa shape index (κ3) is 3.36. The zero-order valence-corrected chi connectivity index (χ0v) is 9.80. The van der Waals surface area contributed by atoms with Crippen molar-refractivity contribution in [1.29, 1.82) is 0 Å². The topological polar surface area (TPSA) is 72.2 Å². The van der Waals surface area contributed by atoms with E-state index in [1.54, 1.807) is 18.2 Å². The van der Waals surface area contributed by atoms with Crippen molar-refractivity contribution in [2.75, 3.05) is 0 Å². The molecule has 0 saturated heterocycles. The van der Waals surface area contributed by atoms with Crippen molar-refractivity contribution in [3.05, 3.63) is 33.8 Å². The van der Waals surface area contributed by atoms with E-state index < -0.39 is 5.91 Å². The third-order valence-electron chi connectivity index (χ3n) is 1.87. The van der Waals surface area contributed by atoms with Crippen LogP contribution in [0.3, 0.4) is 0 Å². The van der Waals surface area contributed by atoms with Gasteiger partial charge in [0.1, 0.15) is 0 Å². The molecule has 0 spiro atoms. The van der Waals surface area contributed by atoms with E-state index in [9.17, 15) is 9.59 Å². The average molecular weight is 271 g/mol. The smallest absolute Gasteiger partial charge is 0.248 e. The number of amides is 2. The highest BCUT2D eigenvalue weighted by Crippen LogP contribution is 2.18. The van der Waals surface area contributed by atoms with Crippen molar-refractivity contribution >= 4 is 27.7 Å². The van der Waals surface area contributed by atoms with Crippen molar-refractivity contribution in [2.45, 2.75) is 13.5 Å². The molecule has 0 fully saturated rings. The molecule has 0 unspecified atom stereocenters. The summed E-state index contributed by atoms with van der Waals surface area (Å²) in [4.78, 5) is 21.6. The predicted octanol–water partition coefficient (Wildman–Crippen LogP) is 1.18. The Kier molecular flexibility index (Phi) is 3.85. The third-order valence-corrected chi connectivity index (χ3v) is 2.60. The molecule has 0 aliphatic carbocycles. The molecule has 1 aromatic carbocycles. The molecule has 0 aliphatic rings. The van der Waals surface area contributed by atoms with Crippen molar-refractivity contribution < 1.29 is 9.59 Å². The van der Waals surface area contributed by atoms with E-state index in [-0.39, 0.29) is 5.91 Å². The van der Waals surface area contributed by atoms with Crippen LogP contribution in [-0.2, 0) is 11.3 Å². The van der Waals surface area contributed by atoms with Gasteiger partial charge in [-0.15, -0.1) is 0 Å². The van der Waals surface area contributed by atoms with E-state index >= 15 is 0 Å². The Morgan fingerprint density at radius 2 is 2.13 bits per heavy atom. The van der Waals surface area contributed by atoms with Crippen molar-refractivity contribution in [3.8, 4) is 0 Å². The van der Waals surface area contributed by atoms with E-state index in [1.165, 1.54) is 6.92 Å². The summed E-state index contributed by atoms with van der Waals surface area (Å²) in [6, 6.07) is 5.02. The molecule has 0 aromatic heterocycles. The minimum absolute atomic E-state index is 0.0964. The second-order valence-electron chi connectivity index (χ2n) is 3.08. The molecule has 0 radical (unpaired) electrons. The highest BCUT2D eigenvalue weighted by atomic mass is 79.9. The molecular formula is C10H11BrN2O2. The summed E-state index contributed by atoms with van der Waals surface area (Å²) < 4.78 is 0.757. The van der Waals surface area contributed by atoms with Gasteiger partial charge in [0.15, 0.2) is 0 Å². The fourth-order valence-electron chi connectivity index (χ4n) is 1.06. The Balaban J connectivity index is 2.83. The molecule has 4 nitrogen and oxygen atoms in total. The fourth-order valence-corrected chi connectivity index (χ4v) is 1.58. The van der Waals surface area contributed by atoms with Gasteiger partial charge in [0.25, 0.3) is 0 Å². The monoisotopic (exact) mass is 270 g/mol. The summed E-state index contributed by atoms with van der Waals surface area (Å²) >= 11 is 3.31. The lowest BCUT2D eigenvalue weighted by molar-refractivity contribution is -0.119. The van der Waals surface area contributed by atoms with Gasteiger partial charge in [-0.25, -0.2) is 0 Å². The SMILES string of the molecule is CC(=O)NCc1ccc(C(N)=O)cc1Br. The van der Waals surface area contributed by atoms with Crippen molar-refractivity contribution in [2.24, 2.45) is 5.73 Å². The predicted molar refractivity (Wildman–Crippen MR) is 60.2 cm³/mol. The van der Waals surface area contributed by atoms with Crippen LogP contribution in [0.25, 0.3) is 0 Å². The summed E-state index contributed by atoms with van der Waals surface area (Å²) in [5, 5.41) is 2.67. The molecule has 0 aliphatic heterocycles. The fraction of sp³-hybridized carbons (Fsp3) is 0.200. The summed E-state index contributed by atoms with van der Waals surface area (Å²) in [5.74, 6) is -0.567. The van der Waals surface area contributed by atoms with Gasteiger partial charge in [-0.3, -0.25) is 9.59 Å². The van der Waals surface area contributed by atoms with Crippen LogP contribution in [0, 0.1) is 0 Å². The first-order chi connectivity index (χ1) is 7.00. The molecule has 1 rings (SSSR count). The summed E-state index contributed by atoms with van der Waals surface area (Å²) in [7, 11) is 0. The Hall–Kier alpha value is -1.36. The highest BCUT2D eigenvalue weighted by molar-refractivity contribution is 9.10. The first-order valence-electron chi connectivity index (χ1n) is 4.33. The first kappa shape index (κ1) is 11.7. The highest BCUT2D eigenvalue weighted by Gasteiger charge is 2.05. The number of nitrogens with two attached hydrogens (primary N) is 1. The molecule has 2 amide bonds. The van der Waals surface area contributed by atoms with E-state index in [4.69, 9.17) is 5.73 Å². The number of halogens is 1. The maximum atomic E-state index is 10.9. The van der Waals surface area contributed by atoms with Crippen LogP contribution in [0.4, 0.5) is 0 Å². The van der Waals surface area contributed by atoms with Crippen LogP contribution >= 0.6 is 15.9 Å². The lowest BCUT2D eigenvalue weighted by Gasteiger charge is -2.06. The van der Waals surface area contributed by atoms with E-state index in [2.05, 4.69) is 21.2 Å². The number of rotatable bonds is 3. The molecule has 3 N–H and O–H groups in total. The number of benzene rings is 1. The molecule has 5 heteroatoms.